The number of aryl methyl sites for hydroxylation is 1. The summed E-state index contributed by atoms with van der Waals surface area (Å²) in [5, 5.41) is 8.05. The van der Waals surface area contributed by atoms with Crippen molar-refractivity contribution in [1.29, 1.82) is 0 Å². The van der Waals surface area contributed by atoms with Gasteiger partial charge in [-0.15, -0.1) is 0 Å². The molecule has 32 heavy (non-hydrogen) atoms. The maximum atomic E-state index is 13.6. The van der Waals surface area contributed by atoms with Crippen molar-refractivity contribution in [1.82, 2.24) is 0 Å². The summed E-state index contributed by atoms with van der Waals surface area (Å²) >= 11 is 9.42. The maximum absolute atomic E-state index is 13.6. The molecular weight excluding hydrogens is 492 g/mol. The third-order valence-corrected chi connectivity index (χ3v) is 8.69. The van der Waals surface area contributed by atoms with E-state index in [0.29, 0.717) is 17.0 Å². The molecule has 1 amide bonds. The first-order valence-electron chi connectivity index (χ1n) is 10.6. The van der Waals surface area contributed by atoms with Crippen molar-refractivity contribution in [2.75, 3.05) is 5.32 Å². The zero-order valence-electron chi connectivity index (χ0n) is 18.6. The molecule has 2 fully saturated rings. The third-order valence-electron chi connectivity index (χ3n) is 7.92. The van der Waals surface area contributed by atoms with Crippen LogP contribution in [-0.4, -0.2) is 17.6 Å². The number of benzene rings is 2. The summed E-state index contributed by atoms with van der Waals surface area (Å²) in [5.41, 5.74) is 1.54. The molecule has 0 heterocycles. The summed E-state index contributed by atoms with van der Waals surface area (Å²) in [6.45, 7) is 8.28. The number of hydrogen-bond donors (Lipinski definition) is 1. The second kappa shape index (κ2) is 7.99. The largest absolute Gasteiger partial charge is 0.365 e. The van der Waals surface area contributed by atoms with Gasteiger partial charge in [-0.1, -0.05) is 53.5 Å². The van der Waals surface area contributed by atoms with E-state index in [1.54, 1.807) is 30.3 Å². The highest BCUT2D eigenvalue weighted by molar-refractivity contribution is 9.10. The van der Waals surface area contributed by atoms with Gasteiger partial charge in [0.25, 0.3) is 0 Å². The number of anilines is 1. The monoisotopic (exact) mass is 516 g/mol. The van der Waals surface area contributed by atoms with Crippen LogP contribution in [-0.2, 0) is 9.63 Å². The topological polar surface area (TPSA) is 67.8 Å². The molecule has 2 saturated carbocycles. The predicted octanol–water partition coefficient (Wildman–Crippen LogP) is 6.78. The molecule has 0 aliphatic heterocycles. The van der Waals surface area contributed by atoms with Crippen LogP contribution in [0.1, 0.15) is 56.0 Å². The molecule has 0 radical (unpaired) electrons. The molecule has 2 unspecified atom stereocenters. The highest BCUT2D eigenvalue weighted by atomic mass is 79.9. The van der Waals surface area contributed by atoms with Crippen molar-refractivity contribution in [3.8, 4) is 0 Å². The Morgan fingerprint density at radius 2 is 1.78 bits per heavy atom. The minimum atomic E-state index is -0.628. The van der Waals surface area contributed by atoms with Crippen LogP contribution in [0.5, 0.6) is 0 Å². The second-order valence-corrected chi connectivity index (χ2v) is 10.9. The predicted molar refractivity (Wildman–Crippen MR) is 130 cm³/mol. The molecule has 7 heteroatoms. The van der Waals surface area contributed by atoms with Crippen molar-refractivity contribution in [3.05, 3.63) is 63.1 Å². The van der Waals surface area contributed by atoms with Crippen molar-refractivity contribution in [2.24, 2.45) is 21.4 Å². The van der Waals surface area contributed by atoms with Gasteiger partial charge in [0.1, 0.15) is 0 Å². The smallest absolute Gasteiger partial charge is 0.325 e. The number of halogens is 2. The van der Waals surface area contributed by atoms with Gasteiger partial charge in [0, 0.05) is 27.0 Å². The van der Waals surface area contributed by atoms with Crippen LogP contribution >= 0.6 is 27.5 Å². The van der Waals surface area contributed by atoms with E-state index in [0.717, 1.165) is 34.3 Å². The van der Waals surface area contributed by atoms with Gasteiger partial charge in [-0.05, 0) is 73.2 Å². The maximum Gasteiger partial charge on any atom is 0.365 e. The number of amides is 1. The van der Waals surface area contributed by atoms with E-state index in [2.05, 4.69) is 47.2 Å². The zero-order valence-corrected chi connectivity index (χ0v) is 20.9. The molecule has 2 atom stereocenters. The number of nitrogens with zero attached hydrogens (tertiary/aromatic N) is 1. The molecular formula is C25H26BrClN2O3. The van der Waals surface area contributed by atoms with Crippen LogP contribution in [0.25, 0.3) is 0 Å². The van der Waals surface area contributed by atoms with Crippen LogP contribution in [0, 0.1) is 23.2 Å². The summed E-state index contributed by atoms with van der Waals surface area (Å²) in [4.78, 5) is 31.4. The molecule has 168 valence electrons. The average molecular weight is 518 g/mol. The Bertz CT molecular complexity index is 1130. The summed E-state index contributed by atoms with van der Waals surface area (Å²) in [6.07, 6.45) is 2.03. The van der Waals surface area contributed by atoms with Gasteiger partial charge in [-0.3, -0.25) is 4.79 Å². The second-order valence-electron chi connectivity index (χ2n) is 9.55. The fraction of sp³-hybridized carbons (Fsp3) is 0.400. The standard InChI is InChI=1S/C25H26BrClN2O3/c1-15-13-18(27)9-10-19(15)28-22(31)25-12-11-24(4,23(25,2)3)20(14-25)29-32-21(30)16-5-7-17(26)8-6-16/h5-10,13H,11-12,14H2,1-4H3,(H,28,31). The quantitative estimate of drug-likeness (QED) is 0.359. The summed E-state index contributed by atoms with van der Waals surface area (Å²) < 4.78 is 0.881. The molecule has 1 N–H and O–H groups in total. The number of nitrogens with one attached hydrogen (secondary N) is 1. The Hall–Kier alpha value is -2.18. The number of carbonyl (C=O) groups is 2. The van der Waals surface area contributed by atoms with E-state index in [4.69, 9.17) is 16.4 Å². The highest BCUT2D eigenvalue weighted by Crippen LogP contribution is 2.71. The summed E-state index contributed by atoms with van der Waals surface area (Å²) in [7, 11) is 0. The van der Waals surface area contributed by atoms with Gasteiger partial charge in [0.05, 0.1) is 16.7 Å². The minimum absolute atomic E-state index is 0.0268. The molecule has 2 aliphatic rings. The summed E-state index contributed by atoms with van der Waals surface area (Å²) in [5.74, 6) is -0.537. The van der Waals surface area contributed by atoms with E-state index >= 15 is 0 Å². The molecule has 0 spiro atoms. The van der Waals surface area contributed by atoms with E-state index in [1.165, 1.54) is 0 Å². The number of fused-ring (bicyclic) bond motifs is 2. The molecule has 2 aromatic carbocycles. The first kappa shape index (κ1) is 23.0. The third kappa shape index (κ3) is 3.48. The highest BCUT2D eigenvalue weighted by Gasteiger charge is 2.71. The lowest BCUT2D eigenvalue weighted by atomic mass is 9.64. The van der Waals surface area contributed by atoms with Crippen LogP contribution < -0.4 is 5.32 Å². The lowest BCUT2D eigenvalue weighted by Gasteiger charge is -2.39. The lowest BCUT2D eigenvalue weighted by molar-refractivity contribution is -0.130. The number of carbonyl (C=O) groups excluding carboxylic acids is 2. The van der Waals surface area contributed by atoms with Crippen LogP contribution in [0.4, 0.5) is 5.69 Å². The van der Waals surface area contributed by atoms with Crippen LogP contribution in [0.3, 0.4) is 0 Å². The molecule has 2 bridgehead atoms. The number of rotatable bonds is 4. The van der Waals surface area contributed by atoms with Gasteiger partial charge in [-0.2, -0.15) is 0 Å². The van der Waals surface area contributed by atoms with Crippen molar-refractivity contribution >= 4 is 50.8 Å². The summed E-state index contributed by atoms with van der Waals surface area (Å²) in [6, 6.07) is 12.4. The van der Waals surface area contributed by atoms with E-state index < -0.39 is 11.4 Å². The van der Waals surface area contributed by atoms with Gasteiger partial charge < -0.3 is 10.2 Å². The van der Waals surface area contributed by atoms with E-state index in [1.807, 2.05) is 19.1 Å². The Labute approximate surface area is 201 Å². The molecule has 0 saturated heterocycles. The van der Waals surface area contributed by atoms with Gasteiger partial charge >= 0.3 is 5.97 Å². The fourth-order valence-electron chi connectivity index (χ4n) is 5.27. The number of hydrogen-bond acceptors (Lipinski definition) is 4. The van der Waals surface area contributed by atoms with E-state index in [-0.39, 0.29) is 16.7 Å². The first-order chi connectivity index (χ1) is 15.0. The van der Waals surface area contributed by atoms with Crippen LogP contribution in [0.2, 0.25) is 5.02 Å². The molecule has 2 aromatic rings. The molecule has 4 rings (SSSR count). The first-order valence-corrected chi connectivity index (χ1v) is 11.8. The Morgan fingerprint density at radius 1 is 1.09 bits per heavy atom. The normalized spacial score (nSPS) is 26.9. The van der Waals surface area contributed by atoms with Crippen molar-refractivity contribution < 1.29 is 14.4 Å². The van der Waals surface area contributed by atoms with Gasteiger partial charge in [-0.25, -0.2) is 4.79 Å². The fourth-order valence-corrected chi connectivity index (χ4v) is 5.76. The van der Waals surface area contributed by atoms with E-state index in [9.17, 15) is 9.59 Å². The SMILES string of the molecule is Cc1cc(Cl)ccc1NC(=O)C12CCC(C)(C(=NOC(=O)c3ccc(Br)cc3)C1)C2(C)C. The van der Waals surface area contributed by atoms with Gasteiger partial charge in [0.2, 0.25) is 5.91 Å². The molecule has 0 aromatic heterocycles. The molecule has 2 aliphatic carbocycles. The molecule has 5 nitrogen and oxygen atoms in total. The lowest BCUT2D eigenvalue weighted by Crippen LogP contribution is -2.43. The Balaban J connectivity index is 1.59. The Kier molecular flexibility index (Phi) is 5.74. The van der Waals surface area contributed by atoms with Crippen LogP contribution in [0.15, 0.2) is 52.1 Å². The Morgan fingerprint density at radius 3 is 2.44 bits per heavy atom. The van der Waals surface area contributed by atoms with Crippen molar-refractivity contribution in [2.45, 2.75) is 47.0 Å². The average Bonchev–Trinajstić information content (AvgIpc) is 3.05. The minimum Gasteiger partial charge on any atom is -0.325 e. The van der Waals surface area contributed by atoms with Crippen molar-refractivity contribution in [3.63, 3.8) is 0 Å². The van der Waals surface area contributed by atoms with Gasteiger partial charge in [0.15, 0.2) is 0 Å². The number of oxime groups is 1. The zero-order chi connectivity index (χ0) is 23.3.